The second-order valence-electron chi connectivity index (χ2n) is 2.98. The summed E-state index contributed by atoms with van der Waals surface area (Å²) in [5.41, 5.74) is 6.49. The van der Waals surface area contributed by atoms with Crippen LogP contribution in [-0.2, 0) is 13.1 Å². The van der Waals surface area contributed by atoms with Crippen molar-refractivity contribution in [3.8, 4) is 0 Å². The van der Waals surface area contributed by atoms with Crippen molar-refractivity contribution in [1.82, 2.24) is 9.78 Å². The maximum absolute atomic E-state index is 5.48. The topological polar surface area (TPSA) is 57.0 Å². The molecule has 0 radical (unpaired) electrons. The molecular weight excluding hydrogens is 293 g/mol. The van der Waals surface area contributed by atoms with E-state index >= 15 is 0 Å². The van der Waals surface area contributed by atoms with E-state index in [2.05, 4.69) is 27.7 Å². The van der Waals surface area contributed by atoms with Crippen LogP contribution in [0.5, 0.6) is 0 Å². The van der Waals surface area contributed by atoms with Gasteiger partial charge in [-0.3, -0.25) is 4.68 Å². The molecule has 74 valence electrons. The van der Waals surface area contributed by atoms with E-state index in [4.69, 9.17) is 10.2 Å². The van der Waals surface area contributed by atoms with Crippen LogP contribution in [0.1, 0.15) is 11.3 Å². The molecular formula is C9H10IN3O. The predicted molar refractivity (Wildman–Crippen MR) is 60.6 cm³/mol. The largest absolute Gasteiger partial charge is 0.467 e. The Morgan fingerprint density at radius 1 is 1.57 bits per heavy atom. The van der Waals surface area contributed by atoms with Gasteiger partial charge in [-0.2, -0.15) is 5.10 Å². The van der Waals surface area contributed by atoms with E-state index in [0.717, 1.165) is 14.9 Å². The molecule has 0 atom stereocenters. The molecule has 2 aromatic rings. The van der Waals surface area contributed by atoms with Crippen LogP contribution in [0.3, 0.4) is 0 Å². The van der Waals surface area contributed by atoms with Crippen LogP contribution >= 0.6 is 22.6 Å². The fourth-order valence-corrected chi connectivity index (χ4v) is 1.65. The lowest BCUT2D eigenvalue weighted by atomic mass is 10.3. The summed E-state index contributed by atoms with van der Waals surface area (Å²) in [6.45, 7) is 1.17. The highest BCUT2D eigenvalue weighted by Crippen LogP contribution is 2.09. The molecule has 0 bridgehead atoms. The number of halogens is 1. The van der Waals surface area contributed by atoms with Gasteiger partial charge in [-0.15, -0.1) is 0 Å². The molecule has 2 aromatic heterocycles. The molecule has 0 aliphatic heterocycles. The van der Waals surface area contributed by atoms with Crippen molar-refractivity contribution in [1.29, 1.82) is 0 Å². The standard InChI is InChI=1S/C9H10IN3O/c10-8-3-12-13(4-8)5-9-1-7(2-11)6-14-9/h1,3-4,6H,2,5,11H2. The number of furan rings is 1. The molecule has 5 heteroatoms. The monoisotopic (exact) mass is 303 g/mol. The molecule has 2 heterocycles. The highest BCUT2D eigenvalue weighted by molar-refractivity contribution is 14.1. The van der Waals surface area contributed by atoms with E-state index in [9.17, 15) is 0 Å². The minimum Gasteiger partial charge on any atom is -0.467 e. The van der Waals surface area contributed by atoms with E-state index < -0.39 is 0 Å². The van der Waals surface area contributed by atoms with Gasteiger partial charge in [0.15, 0.2) is 0 Å². The van der Waals surface area contributed by atoms with Crippen molar-refractivity contribution < 1.29 is 4.42 Å². The summed E-state index contributed by atoms with van der Waals surface area (Å²) in [4.78, 5) is 0. The molecule has 2 N–H and O–H groups in total. The van der Waals surface area contributed by atoms with E-state index in [-0.39, 0.29) is 0 Å². The average Bonchev–Trinajstić information content (AvgIpc) is 2.76. The van der Waals surface area contributed by atoms with Gasteiger partial charge in [0.2, 0.25) is 0 Å². The molecule has 0 saturated carbocycles. The van der Waals surface area contributed by atoms with E-state index in [1.165, 1.54) is 0 Å². The Hall–Kier alpha value is -0.820. The Morgan fingerprint density at radius 2 is 2.43 bits per heavy atom. The Labute approximate surface area is 95.2 Å². The highest BCUT2D eigenvalue weighted by Gasteiger charge is 2.02. The maximum Gasteiger partial charge on any atom is 0.125 e. The number of rotatable bonds is 3. The first kappa shape index (κ1) is 9.72. The van der Waals surface area contributed by atoms with Crippen molar-refractivity contribution >= 4 is 22.6 Å². The van der Waals surface area contributed by atoms with Gasteiger partial charge in [-0.1, -0.05) is 0 Å². The van der Waals surface area contributed by atoms with Crippen LogP contribution in [0.4, 0.5) is 0 Å². The number of nitrogens with zero attached hydrogens (tertiary/aromatic N) is 2. The van der Waals surface area contributed by atoms with Gasteiger partial charge in [0, 0.05) is 18.3 Å². The molecule has 0 spiro atoms. The third-order valence-electron chi connectivity index (χ3n) is 1.86. The molecule has 0 fully saturated rings. The van der Waals surface area contributed by atoms with Gasteiger partial charge in [-0.05, 0) is 28.7 Å². The summed E-state index contributed by atoms with van der Waals surface area (Å²) >= 11 is 2.22. The van der Waals surface area contributed by atoms with E-state index in [1.54, 1.807) is 6.26 Å². The first-order chi connectivity index (χ1) is 6.78. The average molecular weight is 303 g/mol. The third-order valence-corrected chi connectivity index (χ3v) is 2.42. The maximum atomic E-state index is 5.48. The zero-order chi connectivity index (χ0) is 9.97. The fraction of sp³-hybridized carbons (Fsp3) is 0.222. The third kappa shape index (κ3) is 2.16. The van der Waals surface area contributed by atoms with Crippen molar-refractivity contribution in [2.24, 2.45) is 5.73 Å². The quantitative estimate of drug-likeness (QED) is 0.876. The van der Waals surface area contributed by atoms with Gasteiger partial charge < -0.3 is 10.2 Å². The lowest BCUT2D eigenvalue weighted by molar-refractivity contribution is 0.478. The molecule has 4 nitrogen and oxygen atoms in total. The number of hydrogen-bond donors (Lipinski definition) is 1. The van der Waals surface area contributed by atoms with Crippen LogP contribution in [0.2, 0.25) is 0 Å². The molecule has 0 amide bonds. The van der Waals surface area contributed by atoms with Crippen LogP contribution in [0.25, 0.3) is 0 Å². The molecule has 0 aliphatic rings. The zero-order valence-corrected chi connectivity index (χ0v) is 9.64. The summed E-state index contributed by atoms with van der Waals surface area (Å²) in [6.07, 6.45) is 5.46. The molecule has 2 rings (SSSR count). The lowest BCUT2D eigenvalue weighted by Gasteiger charge is -1.95. The first-order valence-corrected chi connectivity index (χ1v) is 5.30. The van der Waals surface area contributed by atoms with Crippen molar-refractivity contribution in [3.05, 3.63) is 39.6 Å². The summed E-state index contributed by atoms with van der Waals surface area (Å²) in [5, 5.41) is 4.16. The Balaban J connectivity index is 2.10. The molecule has 0 aromatic carbocycles. The van der Waals surface area contributed by atoms with Crippen LogP contribution in [-0.4, -0.2) is 9.78 Å². The van der Waals surface area contributed by atoms with E-state index in [0.29, 0.717) is 13.1 Å². The normalized spacial score (nSPS) is 10.7. The SMILES string of the molecule is NCc1coc(Cn2cc(I)cn2)c1. The Morgan fingerprint density at radius 3 is 3.00 bits per heavy atom. The van der Waals surface area contributed by atoms with Crippen LogP contribution in [0.15, 0.2) is 29.1 Å². The minimum atomic E-state index is 0.514. The molecule has 14 heavy (non-hydrogen) atoms. The number of nitrogens with two attached hydrogens (primary N) is 1. The van der Waals surface area contributed by atoms with Gasteiger partial charge >= 0.3 is 0 Å². The summed E-state index contributed by atoms with van der Waals surface area (Å²) < 4.78 is 8.28. The van der Waals surface area contributed by atoms with E-state index in [1.807, 2.05) is 23.1 Å². The summed E-state index contributed by atoms with van der Waals surface area (Å²) in [7, 11) is 0. The second-order valence-corrected chi connectivity index (χ2v) is 4.23. The zero-order valence-electron chi connectivity index (χ0n) is 7.48. The molecule has 0 unspecified atom stereocenters. The minimum absolute atomic E-state index is 0.514. The van der Waals surface area contributed by atoms with Gasteiger partial charge in [-0.25, -0.2) is 0 Å². The van der Waals surface area contributed by atoms with Crippen molar-refractivity contribution in [2.75, 3.05) is 0 Å². The van der Waals surface area contributed by atoms with Gasteiger partial charge in [0.25, 0.3) is 0 Å². The number of hydrogen-bond acceptors (Lipinski definition) is 3. The molecule has 0 saturated heterocycles. The summed E-state index contributed by atoms with van der Waals surface area (Å²) in [5.74, 6) is 0.880. The Bertz CT molecular complexity index is 421. The van der Waals surface area contributed by atoms with Gasteiger partial charge in [0.1, 0.15) is 5.76 Å². The highest BCUT2D eigenvalue weighted by atomic mass is 127. The second kappa shape index (κ2) is 4.14. The van der Waals surface area contributed by atoms with Crippen molar-refractivity contribution in [2.45, 2.75) is 13.1 Å². The van der Waals surface area contributed by atoms with Crippen LogP contribution in [0, 0.1) is 3.57 Å². The molecule has 0 aliphatic carbocycles. The summed E-state index contributed by atoms with van der Waals surface area (Å²) in [6, 6.07) is 1.95. The Kier molecular flexibility index (Phi) is 2.87. The number of aromatic nitrogens is 2. The smallest absolute Gasteiger partial charge is 0.125 e. The predicted octanol–water partition coefficient (Wildman–Crippen LogP) is 1.59. The fourth-order valence-electron chi connectivity index (χ4n) is 1.20. The first-order valence-electron chi connectivity index (χ1n) is 4.22. The van der Waals surface area contributed by atoms with Gasteiger partial charge in [0.05, 0.1) is 22.6 Å². The van der Waals surface area contributed by atoms with Crippen LogP contribution < -0.4 is 5.73 Å². The lowest BCUT2D eigenvalue weighted by Crippen LogP contribution is -1.98. The van der Waals surface area contributed by atoms with Crippen molar-refractivity contribution in [3.63, 3.8) is 0 Å².